The second kappa shape index (κ2) is 10.1. The molecule has 0 aromatic carbocycles. The molecule has 0 aliphatic carbocycles. The second-order valence-corrected chi connectivity index (χ2v) is 4.16. The quantitative estimate of drug-likeness (QED) is 0.586. The average molecular weight is 244 g/mol. The Bertz CT molecular complexity index is 230. The summed E-state index contributed by atoms with van der Waals surface area (Å²) in [4.78, 5) is 22.2. The fraction of sp³-hybridized carbons (Fsp3) is 0.833. The van der Waals surface area contributed by atoms with Crippen LogP contribution in [0.25, 0.3) is 0 Å². The summed E-state index contributed by atoms with van der Waals surface area (Å²) in [6, 6.07) is 0. The first-order valence-corrected chi connectivity index (χ1v) is 6.20. The van der Waals surface area contributed by atoms with Crippen LogP contribution in [-0.4, -0.2) is 38.1 Å². The summed E-state index contributed by atoms with van der Waals surface area (Å²) in [5, 5.41) is 5.50. The molecule has 2 amide bonds. The molecule has 17 heavy (non-hydrogen) atoms. The smallest absolute Gasteiger partial charge is 0.222 e. The highest BCUT2D eigenvalue weighted by Crippen LogP contribution is 1.89. The third-order valence-electron chi connectivity index (χ3n) is 2.12. The number of nitrogens with one attached hydrogen (secondary N) is 2. The minimum atomic E-state index is 0.00309. The van der Waals surface area contributed by atoms with E-state index < -0.39 is 0 Å². The number of amides is 2. The van der Waals surface area contributed by atoms with Crippen molar-refractivity contribution >= 4 is 11.8 Å². The Hall–Kier alpha value is -1.10. The Labute approximate surface area is 103 Å². The fourth-order valence-corrected chi connectivity index (χ4v) is 1.13. The van der Waals surface area contributed by atoms with Crippen molar-refractivity contribution in [1.29, 1.82) is 0 Å². The molecule has 0 bridgehead atoms. The van der Waals surface area contributed by atoms with Crippen LogP contribution in [0.4, 0.5) is 0 Å². The lowest BCUT2D eigenvalue weighted by Gasteiger charge is -2.08. The Morgan fingerprint density at radius 1 is 1.12 bits per heavy atom. The van der Waals surface area contributed by atoms with Gasteiger partial charge < -0.3 is 15.4 Å². The summed E-state index contributed by atoms with van der Waals surface area (Å²) in [7, 11) is 0. The minimum absolute atomic E-state index is 0.00309. The third-order valence-corrected chi connectivity index (χ3v) is 2.12. The van der Waals surface area contributed by atoms with Gasteiger partial charge in [-0.25, -0.2) is 0 Å². The van der Waals surface area contributed by atoms with Crippen LogP contribution < -0.4 is 10.6 Å². The van der Waals surface area contributed by atoms with Gasteiger partial charge in [-0.2, -0.15) is 0 Å². The molecule has 0 fully saturated rings. The monoisotopic (exact) mass is 244 g/mol. The normalized spacial score (nSPS) is 10.4. The van der Waals surface area contributed by atoms with Crippen molar-refractivity contribution in [3.05, 3.63) is 0 Å². The molecule has 5 nitrogen and oxygen atoms in total. The van der Waals surface area contributed by atoms with E-state index in [1.165, 1.54) is 0 Å². The molecule has 0 heterocycles. The minimum Gasteiger partial charge on any atom is -0.378 e. The van der Waals surface area contributed by atoms with E-state index in [0.717, 1.165) is 6.42 Å². The van der Waals surface area contributed by atoms with Crippen LogP contribution in [-0.2, 0) is 14.3 Å². The summed E-state index contributed by atoms with van der Waals surface area (Å²) in [5.74, 6) is 0.0948. The third kappa shape index (κ3) is 9.81. The Kier molecular flexibility index (Phi) is 9.43. The predicted molar refractivity (Wildman–Crippen MR) is 66.6 cm³/mol. The highest BCUT2D eigenvalue weighted by Gasteiger charge is 2.04. The fourth-order valence-electron chi connectivity index (χ4n) is 1.13. The molecule has 0 aromatic rings. The summed E-state index contributed by atoms with van der Waals surface area (Å²) < 4.78 is 5.26. The van der Waals surface area contributed by atoms with E-state index in [1.54, 1.807) is 0 Å². The number of hydrogen-bond acceptors (Lipinski definition) is 3. The van der Waals surface area contributed by atoms with Crippen molar-refractivity contribution in [2.24, 2.45) is 5.92 Å². The molecule has 0 aliphatic rings. The summed E-state index contributed by atoms with van der Waals surface area (Å²) in [5.41, 5.74) is 0. The number of rotatable bonds is 9. The van der Waals surface area contributed by atoms with Gasteiger partial charge >= 0.3 is 0 Å². The molecule has 0 saturated heterocycles. The zero-order valence-electron chi connectivity index (χ0n) is 11.0. The standard InChI is InChI=1S/C12H24N2O3/c1-4-5-11(15)13-6-8-17-9-7-14-12(16)10(2)3/h10H,4-9H2,1-3H3,(H,13,15)(H,14,16). The molecule has 0 spiro atoms. The zero-order chi connectivity index (χ0) is 13.1. The van der Waals surface area contributed by atoms with E-state index in [1.807, 2.05) is 20.8 Å². The van der Waals surface area contributed by atoms with Gasteiger partial charge in [0.25, 0.3) is 0 Å². The molecule has 0 aliphatic heterocycles. The van der Waals surface area contributed by atoms with Crippen LogP contribution in [0.15, 0.2) is 0 Å². The molecule has 5 heteroatoms. The first kappa shape index (κ1) is 15.9. The maximum Gasteiger partial charge on any atom is 0.222 e. The van der Waals surface area contributed by atoms with Crippen molar-refractivity contribution in [2.75, 3.05) is 26.3 Å². The van der Waals surface area contributed by atoms with Crippen LogP contribution in [0.2, 0.25) is 0 Å². The van der Waals surface area contributed by atoms with Crippen molar-refractivity contribution in [2.45, 2.75) is 33.6 Å². The van der Waals surface area contributed by atoms with E-state index in [0.29, 0.717) is 32.7 Å². The predicted octanol–water partition coefficient (Wildman–Crippen LogP) is 0.691. The van der Waals surface area contributed by atoms with Crippen LogP contribution in [0.5, 0.6) is 0 Å². The molecule has 0 atom stereocenters. The van der Waals surface area contributed by atoms with Crippen LogP contribution in [0.3, 0.4) is 0 Å². The molecule has 0 radical (unpaired) electrons. The van der Waals surface area contributed by atoms with Crippen LogP contribution in [0.1, 0.15) is 33.6 Å². The van der Waals surface area contributed by atoms with Crippen molar-refractivity contribution < 1.29 is 14.3 Å². The van der Waals surface area contributed by atoms with E-state index in [4.69, 9.17) is 4.74 Å². The van der Waals surface area contributed by atoms with Crippen molar-refractivity contribution in [3.63, 3.8) is 0 Å². The SMILES string of the molecule is CCCC(=O)NCCOCCNC(=O)C(C)C. The van der Waals surface area contributed by atoms with Gasteiger partial charge in [-0.05, 0) is 6.42 Å². The van der Waals surface area contributed by atoms with E-state index in [2.05, 4.69) is 10.6 Å². The molecule has 0 aromatic heterocycles. The van der Waals surface area contributed by atoms with Crippen LogP contribution in [0, 0.1) is 5.92 Å². The number of hydrogen-bond donors (Lipinski definition) is 2. The number of carbonyl (C=O) groups is 2. The highest BCUT2D eigenvalue weighted by molar-refractivity contribution is 5.77. The Morgan fingerprint density at radius 3 is 2.24 bits per heavy atom. The molecule has 0 rings (SSSR count). The van der Waals surface area contributed by atoms with E-state index in [9.17, 15) is 9.59 Å². The Balaban J connectivity index is 3.24. The molecule has 100 valence electrons. The van der Waals surface area contributed by atoms with Gasteiger partial charge in [-0.1, -0.05) is 20.8 Å². The lowest BCUT2D eigenvalue weighted by atomic mass is 10.2. The molecular formula is C12H24N2O3. The van der Waals surface area contributed by atoms with E-state index in [-0.39, 0.29) is 17.7 Å². The Morgan fingerprint density at radius 2 is 1.71 bits per heavy atom. The largest absolute Gasteiger partial charge is 0.378 e. The summed E-state index contributed by atoms with van der Waals surface area (Å²) in [6.45, 7) is 7.65. The maximum atomic E-state index is 11.2. The first-order valence-electron chi connectivity index (χ1n) is 6.20. The maximum absolute atomic E-state index is 11.2. The van der Waals surface area contributed by atoms with Gasteiger partial charge in [0.05, 0.1) is 13.2 Å². The molecule has 0 unspecified atom stereocenters. The lowest BCUT2D eigenvalue weighted by molar-refractivity contribution is -0.124. The van der Waals surface area contributed by atoms with Crippen molar-refractivity contribution in [3.8, 4) is 0 Å². The summed E-state index contributed by atoms with van der Waals surface area (Å²) in [6.07, 6.45) is 1.42. The molecule has 2 N–H and O–H groups in total. The number of ether oxygens (including phenoxy) is 1. The van der Waals surface area contributed by atoms with Gasteiger partial charge in [0.15, 0.2) is 0 Å². The lowest BCUT2D eigenvalue weighted by Crippen LogP contribution is -2.32. The zero-order valence-corrected chi connectivity index (χ0v) is 11.0. The van der Waals surface area contributed by atoms with Gasteiger partial charge in [-0.3, -0.25) is 9.59 Å². The van der Waals surface area contributed by atoms with Gasteiger partial charge in [0.1, 0.15) is 0 Å². The molecular weight excluding hydrogens is 220 g/mol. The van der Waals surface area contributed by atoms with E-state index >= 15 is 0 Å². The van der Waals surface area contributed by atoms with Gasteiger partial charge in [0, 0.05) is 25.4 Å². The first-order chi connectivity index (χ1) is 8.07. The molecule has 0 saturated carbocycles. The second-order valence-electron chi connectivity index (χ2n) is 4.16. The average Bonchev–Trinajstić information content (AvgIpc) is 2.27. The van der Waals surface area contributed by atoms with Gasteiger partial charge in [-0.15, -0.1) is 0 Å². The highest BCUT2D eigenvalue weighted by atomic mass is 16.5. The van der Waals surface area contributed by atoms with Crippen molar-refractivity contribution in [1.82, 2.24) is 10.6 Å². The van der Waals surface area contributed by atoms with Gasteiger partial charge in [0.2, 0.25) is 11.8 Å². The van der Waals surface area contributed by atoms with Crippen LogP contribution >= 0.6 is 0 Å². The summed E-state index contributed by atoms with van der Waals surface area (Å²) >= 11 is 0. The topological polar surface area (TPSA) is 67.4 Å². The number of carbonyl (C=O) groups excluding carboxylic acids is 2.